The quantitative estimate of drug-likeness (QED) is 0.739. The number of hydrogen-bond donors (Lipinski definition) is 1. The molecule has 2 N–H and O–H groups in total. The molecule has 2 saturated carbocycles. The summed E-state index contributed by atoms with van der Waals surface area (Å²) in [5.41, 5.74) is 6.57. The topological polar surface area (TPSA) is 29.3 Å². The van der Waals surface area contributed by atoms with Crippen molar-refractivity contribution in [3.63, 3.8) is 0 Å². The maximum Gasteiger partial charge on any atom is 0.0166 e. The number of fused-ring (bicyclic) bond motifs is 1. The number of likely N-dealkylation sites (tertiary alicyclic amines) is 1. The number of nitrogens with two attached hydrogens (primary N) is 1. The molecule has 1 heterocycles. The summed E-state index contributed by atoms with van der Waals surface area (Å²) >= 11 is 0. The maximum absolute atomic E-state index is 6.36. The number of rotatable bonds is 3. The van der Waals surface area contributed by atoms with Crippen molar-refractivity contribution in [3.05, 3.63) is 0 Å². The van der Waals surface area contributed by atoms with Crippen molar-refractivity contribution in [2.24, 2.45) is 17.6 Å². The molecule has 2 nitrogen and oxygen atoms in total. The second kappa shape index (κ2) is 3.21. The molecule has 0 spiro atoms. The number of nitrogens with zero attached hydrogens (tertiary/aromatic N) is 1. The number of hydrogen-bond acceptors (Lipinski definition) is 2. The largest absolute Gasteiger partial charge is 0.325 e. The second-order valence-corrected chi connectivity index (χ2v) is 5.83. The summed E-state index contributed by atoms with van der Waals surface area (Å²) in [5, 5.41) is 0. The fraction of sp³-hybridized carbons (Fsp3) is 1.00. The molecule has 0 aromatic heterocycles. The van der Waals surface area contributed by atoms with Crippen LogP contribution in [0.25, 0.3) is 0 Å². The average Bonchev–Trinajstić information content (AvgIpc) is 2.65. The third-order valence-corrected chi connectivity index (χ3v) is 4.58. The smallest absolute Gasteiger partial charge is 0.0166 e. The van der Waals surface area contributed by atoms with E-state index < -0.39 is 0 Å². The lowest BCUT2D eigenvalue weighted by atomic mass is 9.94. The minimum Gasteiger partial charge on any atom is -0.325 e. The van der Waals surface area contributed by atoms with Gasteiger partial charge in [-0.1, -0.05) is 12.8 Å². The van der Waals surface area contributed by atoms with Crippen LogP contribution in [0.4, 0.5) is 0 Å². The standard InChI is InChI=1S/C12H22N2/c13-12(3-1-2-4-12)5-6-14-8-10-7-11(10)9-14/h10-11H,1-9,13H2. The molecule has 3 fully saturated rings. The van der Waals surface area contributed by atoms with Crippen molar-refractivity contribution in [3.8, 4) is 0 Å². The Morgan fingerprint density at radius 3 is 2.43 bits per heavy atom. The lowest BCUT2D eigenvalue weighted by Crippen LogP contribution is -2.40. The second-order valence-electron chi connectivity index (χ2n) is 5.83. The normalized spacial score (nSPS) is 40.1. The molecule has 3 aliphatic rings. The molecule has 2 atom stereocenters. The van der Waals surface area contributed by atoms with Crippen LogP contribution in [0, 0.1) is 11.8 Å². The van der Waals surface area contributed by atoms with Crippen LogP contribution >= 0.6 is 0 Å². The molecule has 0 radical (unpaired) electrons. The lowest BCUT2D eigenvalue weighted by Gasteiger charge is -2.27. The van der Waals surface area contributed by atoms with Crippen molar-refractivity contribution in [1.29, 1.82) is 0 Å². The van der Waals surface area contributed by atoms with E-state index in [-0.39, 0.29) is 5.54 Å². The molecule has 2 unspecified atom stereocenters. The van der Waals surface area contributed by atoms with E-state index in [2.05, 4.69) is 4.90 Å². The van der Waals surface area contributed by atoms with Gasteiger partial charge >= 0.3 is 0 Å². The van der Waals surface area contributed by atoms with E-state index in [4.69, 9.17) is 5.73 Å². The third kappa shape index (κ3) is 1.70. The summed E-state index contributed by atoms with van der Waals surface area (Å²) in [4.78, 5) is 2.64. The third-order valence-electron chi connectivity index (χ3n) is 4.58. The summed E-state index contributed by atoms with van der Waals surface area (Å²) in [6, 6.07) is 0. The Bertz CT molecular complexity index is 210. The van der Waals surface area contributed by atoms with Crippen molar-refractivity contribution < 1.29 is 0 Å². The van der Waals surface area contributed by atoms with Crippen LogP contribution in [-0.2, 0) is 0 Å². The van der Waals surface area contributed by atoms with Gasteiger partial charge in [0, 0.05) is 18.6 Å². The van der Waals surface area contributed by atoms with Gasteiger partial charge in [0.25, 0.3) is 0 Å². The highest BCUT2D eigenvalue weighted by Crippen LogP contribution is 2.45. The first-order chi connectivity index (χ1) is 6.75. The van der Waals surface area contributed by atoms with Gasteiger partial charge in [0.15, 0.2) is 0 Å². The molecule has 80 valence electrons. The molecule has 0 bridgehead atoms. The Balaban J connectivity index is 1.45. The van der Waals surface area contributed by atoms with Crippen LogP contribution in [0.5, 0.6) is 0 Å². The van der Waals surface area contributed by atoms with E-state index >= 15 is 0 Å². The van der Waals surface area contributed by atoms with E-state index in [1.807, 2.05) is 0 Å². The van der Waals surface area contributed by atoms with E-state index in [0.717, 1.165) is 11.8 Å². The molecule has 0 aromatic rings. The first-order valence-electron chi connectivity index (χ1n) is 6.26. The van der Waals surface area contributed by atoms with Gasteiger partial charge in [-0.3, -0.25) is 0 Å². The molecule has 1 aliphatic heterocycles. The van der Waals surface area contributed by atoms with Gasteiger partial charge in [-0.25, -0.2) is 0 Å². The number of piperidine rings is 1. The maximum atomic E-state index is 6.36. The molecule has 1 saturated heterocycles. The van der Waals surface area contributed by atoms with Crippen LogP contribution in [0.2, 0.25) is 0 Å². The predicted molar refractivity (Wildman–Crippen MR) is 58.0 cm³/mol. The Labute approximate surface area is 86.8 Å². The summed E-state index contributed by atoms with van der Waals surface area (Å²) in [6.07, 6.45) is 8.03. The lowest BCUT2D eigenvalue weighted by molar-refractivity contribution is 0.260. The van der Waals surface area contributed by atoms with Crippen LogP contribution in [0.3, 0.4) is 0 Å². The van der Waals surface area contributed by atoms with Gasteiger partial charge in [0.2, 0.25) is 0 Å². The van der Waals surface area contributed by atoms with Crippen molar-refractivity contribution in [2.75, 3.05) is 19.6 Å². The molecule has 2 heteroatoms. The molecule has 2 aliphatic carbocycles. The summed E-state index contributed by atoms with van der Waals surface area (Å²) in [6.45, 7) is 4.02. The minimum absolute atomic E-state index is 0.215. The predicted octanol–water partition coefficient (Wildman–Crippen LogP) is 1.60. The Hall–Kier alpha value is -0.0800. The van der Waals surface area contributed by atoms with E-state index in [1.54, 1.807) is 0 Å². The van der Waals surface area contributed by atoms with Gasteiger partial charge < -0.3 is 10.6 Å². The molecular weight excluding hydrogens is 172 g/mol. The SMILES string of the molecule is NC1(CCN2CC3CC3C2)CCCC1. The Morgan fingerprint density at radius 1 is 1.14 bits per heavy atom. The van der Waals surface area contributed by atoms with Crippen molar-refractivity contribution in [2.45, 2.75) is 44.1 Å². The van der Waals surface area contributed by atoms with E-state index in [0.29, 0.717) is 0 Å². The summed E-state index contributed by atoms with van der Waals surface area (Å²) in [7, 11) is 0. The van der Waals surface area contributed by atoms with Gasteiger partial charge in [-0.2, -0.15) is 0 Å². The van der Waals surface area contributed by atoms with Gasteiger partial charge in [0.1, 0.15) is 0 Å². The van der Waals surface area contributed by atoms with Crippen molar-refractivity contribution >= 4 is 0 Å². The molecule has 0 aromatic carbocycles. The van der Waals surface area contributed by atoms with Gasteiger partial charge in [0.05, 0.1) is 0 Å². The molecule has 3 rings (SSSR count). The van der Waals surface area contributed by atoms with Crippen LogP contribution in [0.15, 0.2) is 0 Å². The average molecular weight is 194 g/mol. The Kier molecular flexibility index (Phi) is 2.10. The first kappa shape index (κ1) is 9.17. The zero-order valence-electron chi connectivity index (χ0n) is 9.04. The van der Waals surface area contributed by atoms with Gasteiger partial charge in [-0.15, -0.1) is 0 Å². The zero-order valence-corrected chi connectivity index (χ0v) is 9.04. The van der Waals surface area contributed by atoms with E-state index in [9.17, 15) is 0 Å². The highest BCUT2D eigenvalue weighted by Gasteiger charge is 2.45. The molecular formula is C12H22N2. The monoisotopic (exact) mass is 194 g/mol. The zero-order chi connectivity index (χ0) is 9.60. The summed E-state index contributed by atoms with van der Waals surface area (Å²) in [5.74, 6) is 2.15. The van der Waals surface area contributed by atoms with Crippen LogP contribution < -0.4 is 5.73 Å². The highest BCUT2D eigenvalue weighted by molar-refractivity contribution is 4.98. The fourth-order valence-electron chi connectivity index (χ4n) is 3.39. The van der Waals surface area contributed by atoms with E-state index in [1.165, 1.54) is 58.2 Å². The van der Waals surface area contributed by atoms with Crippen LogP contribution in [0.1, 0.15) is 38.5 Å². The first-order valence-corrected chi connectivity index (χ1v) is 6.26. The summed E-state index contributed by atoms with van der Waals surface area (Å²) < 4.78 is 0. The van der Waals surface area contributed by atoms with Crippen LogP contribution in [-0.4, -0.2) is 30.1 Å². The fourth-order valence-corrected chi connectivity index (χ4v) is 3.39. The molecule has 0 amide bonds. The van der Waals surface area contributed by atoms with Gasteiger partial charge in [-0.05, 0) is 44.1 Å². The minimum atomic E-state index is 0.215. The highest BCUT2D eigenvalue weighted by atomic mass is 15.2. The Morgan fingerprint density at radius 2 is 1.79 bits per heavy atom. The molecule has 14 heavy (non-hydrogen) atoms. The van der Waals surface area contributed by atoms with Crippen molar-refractivity contribution in [1.82, 2.24) is 4.90 Å².